The lowest BCUT2D eigenvalue weighted by molar-refractivity contribution is -0.385. The summed E-state index contributed by atoms with van der Waals surface area (Å²) < 4.78 is 5.87. The van der Waals surface area contributed by atoms with E-state index >= 15 is 0 Å². The standard InChI is InChI=1S/C27H22N4O3S/c1-18-7-8-20(13-24(18)31(32)33)25-10-9-21(34-25)15-29-27-23(14-28)22-11-12-30(17-26(22)35-27)16-19-5-3-2-4-6-19/h2-10,13,15H,11-12,16-17H2,1H3. The molecule has 0 aliphatic carbocycles. The van der Waals surface area contributed by atoms with Crippen molar-refractivity contribution in [3.05, 3.63) is 104 Å². The van der Waals surface area contributed by atoms with Crippen molar-refractivity contribution < 1.29 is 9.34 Å². The average molecular weight is 483 g/mol. The van der Waals surface area contributed by atoms with Gasteiger partial charge in [-0.1, -0.05) is 42.5 Å². The van der Waals surface area contributed by atoms with Crippen molar-refractivity contribution in [2.24, 2.45) is 4.99 Å². The zero-order valence-corrected chi connectivity index (χ0v) is 19.9. The Morgan fingerprint density at radius 1 is 1.23 bits per heavy atom. The summed E-state index contributed by atoms with van der Waals surface area (Å²) >= 11 is 1.55. The van der Waals surface area contributed by atoms with Crippen molar-refractivity contribution in [3.8, 4) is 17.4 Å². The van der Waals surface area contributed by atoms with Crippen LogP contribution in [-0.2, 0) is 19.5 Å². The molecular formula is C27H22N4O3S. The van der Waals surface area contributed by atoms with Crippen LogP contribution in [0.4, 0.5) is 10.7 Å². The zero-order valence-electron chi connectivity index (χ0n) is 19.1. The van der Waals surface area contributed by atoms with Crippen molar-refractivity contribution in [1.82, 2.24) is 4.90 Å². The Hall–Kier alpha value is -4.06. The number of nitrogens with zero attached hydrogens (tertiary/aromatic N) is 4. The van der Waals surface area contributed by atoms with E-state index in [0.717, 1.165) is 31.6 Å². The molecule has 0 saturated heterocycles. The van der Waals surface area contributed by atoms with Crippen LogP contribution in [-0.4, -0.2) is 22.6 Å². The fraction of sp³-hybridized carbons (Fsp3) is 0.185. The van der Waals surface area contributed by atoms with Crippen molar-refractivity contribution in [1.29, 1.82) is 5.26 Å². The Morgan fingerprint density at radius 2 is 2.06 bits per heavy atom. The number of nitro benzene ring substituents is 1. The van der Waals surface area contributed by atoms with Gasteiger partial charge < -0.3 is 4.42 Å². The molecule has 0 N–H and O–H groups in total. The molecule has 35 heavy (non-hydrogen) atoms. The number of benzene rings is 2. The molecule has 8 heteroatoms. The number of aryl methyl sites for hydroxylation is 1. The quantitative estimate of drug-likeness (QED) is 0.180. The van der Waals surface area contributed by atoms with Crippen LogP contribution >= 0.6 is 11.3 Å². The number of hydrogen-bond donors (Lipinski definition) is 0. The molecular weight excluding hydrogens is 460 g/mol. The highest BCUT2D eigenvalue weighted by Crippen LogP contribution is 2.39. The van der Waals surface area contributed by atoms with Crippen LogP contribution in [0, 0.1) is 28.4 Å². The van der Waals surface area contributed by atoms with Gasteiger partial charge in [0.25, 0.3) is 5.69 Å². The molecule has 1 aliphatic heterocycles. The van der Waals surface area contributed by atoms with E-state index in [4.69, 9.17) is 4.42 Å². The summed E-state index contributed by atoms with van der Waals surface area (Å²) in [6.45, 7) is 4.29. The van der Waals surface area contributed by atoms with Crippen molar-refractivity contribution in [3.63, 3.8) is 0 Å². The third-order valence-corrected chi connectivity index (χ3v) is 7.23. The van der Waals surface area contributed by atoms with Gasteiger partial charge in [-0.2, -0.15) is 5.26 Å². The van der Waals surface area contributed by atoms with Gasteiger partial charge in [0.05, 0.1) is 16.7 Å². The zero-order chi connectivity index (χ0) is 24.4. The van der Waals surface area contributed by atoms with Crippen LogP contribution in [0.25, 0.3) is 11.3 Å². The molecule has 1 aliphatic rings. The van der Waals surface area contributed by atoms with Gasteiger partial charge in [-0.15, -0.1) is 11.3 Å². The van der Waals surface area contributed by atoms with Crippen LogP contribution in [0.5, 0.6) is 0 Å². The van der Waals surface area contributed by atoms with E-state index in [0.29, 0.717) is 33.2 Å². The van der Waals surface area contributed by atoms with E-state index in [1.165, 1.54) is 16.5 Å². The molecule has 2 aromatic carbocycles. The lowest BCUT2D eigenvalue weighted by Crippen LogP contribution is -2.29. The first kappa shape index (κ1) is 22.7. The first-order valence-corrected chi connectivity index (χ1v) is 12.0. The van der Waals surface area contributed by atoms with Gasteiger partial charge in [0, 0.05) is 41.7 Å². The molecule has 0 spiro atoms. The molecule has 0 atom stereocenters. The van der Waals surface area contributed by atoms with Gasteiger partial charge in [0.15, 0.2) is 0 Å². The number of rotatable bonds is 6. The summed E-state index contributed by atoms with van der Waals surface area (Å²) in [6, 6.07) is 21.3. The molecule has 0 radical (unpaired) electrons. The smallest absolute Gasteiger partial charge is 0.273 e. The van der Waals surface area contributed by atoms with Gasteiger partial charge in [0.1, 0.15) is 22.6 Å². The average Bonchev–Trinajstić information content (AvgIpc) is 3.47. The molecule has 2 aromatic heterocycles. The first-order valence-electron chi connectivity index (χ1n) is 11.2. The summed E-state index contributed by atoms with van der Waals surface area (Å²) in [4.78, 5) is 19.0. The number of thiophene rings is 1. The highest BCUT2D eigenvalue weighted by Gasteiger charge is 2.24. The van der Waals surface area contributed by atoms with Crippen LogP contribution < -0.4 is 0 Å². The third-order valence-electron chi connectivity index (χ3n) is 6.10. The minimum Gasteiger partial charge on any atom is -0.455 e. The summed E-state index contributed by atoms with van der Waals surface area (Å²) in [7, 11) is 0. The normalized spacial score (nSPS) is 13.6. The van der Waals surface area contributed by atoms with E-state index in [-0.39, 0.29) is 5.69 Å². The topological polar surface area (TPSA) is 95.7 Å². The fourth-order valence-electron chi connectivity index (χ4n) is 4.28. The highest BCUT2D eigenvalue weighted by molar-refractivity contribution is 7.16. The van der Waals surface area contributed by atoms with Crippen LogP contribution in [0.3, 0.4) is 0 Å². The summed E-state index contributed by atoms with van der Waals surface area (Å²) in [5, 5.41) is 21.7. The second kappa shape index (κ2) is 9.66. The van der Waals surface area contributed by atoms with Gasteiger partial charge >= 0.3 is 0 Å². The Morgan fingerprint density at radius 3 is 2.83 bits per heavy atom. The summed E-state index contributed by atoms with van der Waals surface area (Å²) in [5.74, 6) is 1.04. The van der Waals surface area contributed by atoms with Gasteiger partial charge in [-0.05, 0) is 36.6 Å². The van der Waals surface area contributed by atoms with Crippen LogP contribution in [0.15, 0.2) is 70.1 Å². The predicted molar refractivity (Wildman–Crippen MR) is 136 cm³/mol. The summed E-state index contributed by atoms with van der Waals surface area (Å²) in [5.41, 5.74) is 4.30. The van der Waals surface area contributed by atoms with Crippen molar-refractivity contribution in [2.45, 2.75) is 26.4 Å². The number of aliphatic imine (C=N–C) groups is 1. The maximum atomic E-state index is 11.3. The molecule has 0 fully saturated rings. The maximum Gasteiger partial charge on any atom is 0.273 e. The van der Waals surface area contributed by atoms with Gasteiger partial charge in [-0.25, -0.2) is 4.99 Å². The first-order chi connectivity index (χ1) is 17.0. The number of nitro groups is 1. The van der Waals surface area contributed by atoms with E-state index in [1.807, 2.05) is 6.07 Å². The Labute approximate surface area is 206 Å². The van der Waals surface area contributed by atoms with Crippen LogP contribution in [0.1, 0.15) is 32.9 Å². The summed E-state index contributed by atoms with van der Waals surface area (Å²) in [6.07, 6.45) is 2.43. The Bertz CT molecular complexity index is 1460. The van der Waals surface area contributed by atoms with Gasteiger partial charge in [-0.3, -0.25) is 15.0 Å². The molecule has 3 heterocycles. The minimum atomic E-state index is -0.396. The largest absolute Gasteiger partial charge is 0.455 e. The molecule has 174 valence electrons. The molecule has 7 nitrogen and oxygen atoms in total. The fourth-order valence-corrected chi connectivity index (χ4v) is 5.47. The molecule has 0 saturated carbocycles. The van der Waals surface area contributed by atoms with E-state index in [2.05, 4.69) is 40.2 Å². The third kappa shape index (κ3) is 4.78. The molecule has 4 aromatic rings. The number of nitriles is 1. The maximum absolute atomic E-state index is 11.3. The lowest BCUT2D eigenvalue weighted by atomic mass is 10.0. The van der Waals surface area contributed by atoms with Crippen molar-refractivity contribution >= 4 is 28.2 Å². The number of fused-ring (bicyclic) bond motifs is 1. The second-order valence-corrected chi connectivity index (χ2v) is 9.54. The number of furan rings is 1. The predicted octanol–water partition coefficient (Wildman–Crippen LogP) is 6.41. The molecule has 5 rings (SSSR count). The van der Waals surface area contributed by atoms with Crippen molar-refractivity contribution in [2.75, 3.05) is 6.54 Å². The lowest BCUT2D eigenvalue weighted by Gasteiger charge is -2.26. The number of hydrogen-bond acceptors (Lipinski definition) is 7. The molecule has 0 amide bonds. The molecule has 0 unspecified atom stereocenters. The monoisotopic (exact) mass is 482 g/mol. The second-order valence-electron chi connectivity index (χ2n) is 8.46. The van der Waals surface area contributed by atoms with E-state index in [9.17, 15) is 15.4 Å². The van der Waals surface area contributed by atoms with Gasteiger partial charge in [0.2, 0.25) is 0 Å². The van der Waals surface area contributed by atoms with E-state index in [1.54, 1.807) is 48.7 Å². The van der Waals surface area contributed by atoms with E-state index < -0.39 is 4.92 Å². The Balaban J connectivity index is 1.34. The highest BCUT2D eigenvalue weighted by atomic mass is 32.1. The van der Waals surface area contributed by atoms with Crippen LogP contribution in [0.2, 0.25) is 0 Å². The minimum absolute atomic E-state index is 0.0539. The molecule has 0 bridgehead atoms. The Kier molecular flexibility index (Phi) is 6.27. The SMILES string of the molecule is Cc1ccc(-c2ccc(C=Nc3sc4c(c3C#N)CCN(Cc3ccccc3)C4)o2)cc1[N+](=O)[O-].